The number of aliphatic hydroxyl groups is 1. The van der Waals surface area contributed by atoms with Crippen LogP contribution in [0.3, 0.4) is 0 Å². The Kier molecular flexibility index (Phi) is 5.22. The molecule has 0 unspecified atom stereocenters. The maximum absolute atomic E-state index is 10.3. The molecule has 1 N–H and O–H groups in total. The first-order valence-corrected chi connectivity index (χ1v) is 10.6. The molecule has 3 heteroatoms. The van der Waals surface area contributed by atoms with Crippen LogP contribution in [0.5, 0.6) is 0 Å². The molecule has 5 aliphatic rings. The highest BCUT2D eigenvalue weighted by Gasteiger charge is 2.50. The van der Waals surface area contributed by atoms with Gasteiger partial charge in [-0.05, 0) is 93.4 Å². The number of ether oxygens (including phenoxy) is 1. The summed E-state index contributed by atoms with van der Waals surface area (Å²) in [6.45, 7) is 6.79. The van der Waals surface area contributed by atoms with Crippen LogP contribution >= 0.6 is 0 Å². The van der Waals surface area contributed by atoms with Gasteiger partial charge >= 0.3 is 0 Å². The maximum atomic E-state index is 10.3. The van der Waals surface area contributed by atoms with Crippen molar-refractivity contribution in [1.82, 2.24) is 4.90 Å². The molecule has 2 atom stereocenters. The number of piperidine rings is 1. The van der Waals surface area contributed by atoms with E-state index in [1.165, 1.54) is 57.8 Å². The molecule has 4 saturated carbocycles. The highest BCUT2D eigenvalue weighted by atomic mass is 16.5. The minimum absolute atomic E-state index is 0.313. The van der Waals surface area contributed by atoms with Gasteiger partial charge in [-0.2, -0.15) is 0 Å². The summed E-state index contributed by atoms with van der Waals surface area (Å²) in [5.41, 5.74) is 0.613. The Morgan fingerprint density at radius 3 is 2.42 bits per heavy atom. The smallest absolute Gasteiger partial charge is 0.0900 e. The molecule has 1 saturated heterocycles. The van der Waals surface area contributed by atoms with Crippen LogP contribution in [0.4, 0.5) is 0 Å². The van der Waals surface area contributed by atoms with E-state index in [1.54, 1.807) is 0 Å². The summed E-state index contributed by atoms with van der Waals surface area (Å²) in [7, 11) is 0. The minimum atomic E-state index is -0.313. The van der Waals surface area contributed by atoms with E-state index in [-0.39, 0.29) is 6.10 Å². The second-order valence-electron chi connectivity index (χ2n) is 9.90. The van der Waals surface area contributed by atoms with Gasteiger partial charge in [0.25, 0.3) is 0 Å². The van der Waals surface area contributed by atoms with E-state index in [2.05, 4.69) is 11.8 Å². The summed E-state index contributed by atoms with van der Waals surface area (Å²) >= 11 is 0. The van der Waals surface area contributed by atoms with Crippen molar-refractivity contribution in [1.29, 1.82) is 0 Å². The van der Waals surface area contributed by atoms with Crippen molar-refractivity contribution >= 4 is 0 Å². The molecule has 0 aromatic heterocycles. The van der Waals surface area contributed by atoms with Gasteiger partial charge in [0.05, 0.1) is 12.7 Å². The number of rotatable bonds is 7. The standard InChI is InChI=1S/C21H37NO2/c1-16-3-2-5-22(13-16)14-20(23)15-24-6-4-21-10-17-7-18(11-21)9-19(8-17)12-21/h16-20,23H,2-15H2,1H3/t16-,17?,18?,19?,20+,21?/m0/s1. The van der Waals surface area contributed by atoms with Crippen LogP contribution in [-0.4, -0.2) is 49.0 Å². The zero-order valence-electron chi connectivity index (χ0n) is 15.6. The minimum Gasteiger partial charge on any atom is -0.389 e. The fraction of sp³-hybridized carbons (Fsp3) is 1.00. The molecule has 0 radical (unpaired) electrons. The quantitative estimate of drug-likeness (QED) is 0.720. The van der Waals surface area contributed by atoms with Gasteiger partial charge in [-0.25, -0.2) is 0 Å². The fourth-order valence-electron chi connectivity index (χ4n) is 6.91. The van der Waals surface area contributed by atoms with Crippen molar-refractivity contribution in [3.05, 3.63) is 0 Å². The van der Waals surface area contributed by atoms with Crippen LogP contribution in [0.1, 0.15) is 64.7 Å². The first-order valence-electron chi connectivity index (χ1n) is 10.6. The molecule has 5 fully saturated rings. The van der Waals surface area contributed by atoms with Gasteiger partial charge < -0.3 is 14.7 Å². The second-order valence-corrected chi connectivity index (χ2v) is 9.90. The average Bonchev–Trinajstić information content (AvgIpc) is 2.50. The first kappa shape index (κ1) is 17.3. The van der Waals surface area contributed by atoms with Crippen LogP contribution in [0.15, 0.2) is 0 Å². The average molecular weight is 336 g/mol. The number of β-amino-alcohol motifs (C(OH)–C–C–N with tert-alkyl or cyclic N) is 1. The lowest BCUT2D eigenvalue weighted by Crippen LogP contribution is -2.46. The Bertz CT molecular complexity index is 389. The SMILES string of the molecule is C[C@H]1CCCN(C[C@@H](O)COCCC23CC4CC(CC(C4)C2)C3)C1. The largest absolute Gasteiger partial charge is 0.389 e. The Morgan fingerprint density at radius 1 is 1.12 bits per heavy atom. The van der Waals surface area contributed by atoms with Crippen LogP contribution in [0.2, 0.25) is 0 Å². The van der Waals surface area contributed by atoms with Crippen LogP contribution in [0.25, 0.3) is 0 Å². The third-order valence-corrected chi connectivity index (χ3v) is 7.46. The number of hydrogen-bond donors (Lipinski definition) is 1. The Labute approximate surface area is 148 Å². The van der Waals surface area contributed by atoms with Gasteiger partial charge in [-0.1, -0.05) is 6.92 Å². The molecule has 0 aromatic carbocycles. The van der Waals surface area contributed by atoms with E-state index >= 15 is 0 Å². The molecule has 0 spiro atoms. The van der Waals surface area contributed by atoms with Gasteiger partial charge in [-0.15, -0.1) is 0 Å². The van der Waals surface area contributed by atoms with Crippen LogP contribution in [-0.2, 0) is 4.74 Å². The summed E-state index contributed by atoms with van der Waals surface area (Å²) in [6, 6.07) is 0. The highest BCUT2D eigenvalue weighted by molar-refractivity contribution is 5.01. The highest BCUT2D eigenvalue weighted by Crippen LogP contribution is 2.61. The van der Waals surface area contributed by atoms with Gasteiger partial charge in [0.15, 0.2) is 0 Å². The summed E-state index contributed by atoms with van der Waals surface area (Å²) in [4.78, 5) is 2.42. The predicted octanol–water partition coefficient (Wildman–Crippen LogP) is 3.70. The molecule has 0 amide bonds. The molecular formula is C21H37NO2. The topological polar surface area (TPSA) is 32.7 Å². The number of nitrogens with zero attached hydrogens (tertiary/aromatic N) is 1. The molecule has 138 valence electrons. The van der Waals surface area contributed by atoms with E-state index in [1.807, 2.05) is 0 Å². The zero-order valence-corrected chi connectivity index (χ0v) is 15.6. The molecular weight excluding hydrogens is 298 g/mol. The monoisotopic (exact) mass is 335 g/mol. The lowest BCUT2D eigenvalue weighted by Gasteiger charge is -2.57. The van der Waals surface area contributed by atoms with Crippen molar-refractivity contribution in [2.75, 3.05) is 32.8 Å². The number of hydrogen-bond acceptors (Lipinski definition) is 3. The summed E-state index contributed by atoms with van der Waals surface area (Å²) in [6.07, 6.45) is 12.5. The van der Waals surface area contributed by atoms with E-state index in [0.29, 0.717) is 12.0 Å². The molecule has 3 nitrogen and oxygen atoms in total. The molecule has 1 heterocycles. The zero-order chi connectivity index (χ0) is 16.6. The molecule has 24 heavy (non-hydrogen) atoms. The fourth-order valence-corrected chi connectivity index (χ4v) is 6.91. The lowest BCUT2D eigenvalue weighted by molar-refractivity contribution is -0.0743. The van der Waals surface area contributed by atoms with Crippen molar-refractivity contribution in [3.8, 4) is 0 Å². The first-order chi connectivity index (χ1) is 11.6. The maximum Gasteiger partial charge on any atom is 0.0900 e. The summed E-state index contributed by atoms with van der Waals surface area (Å²) in [5, 5.41) is 10.3. The third-order valence-electron chi connectivity index (χ3n) is 7.46. The molecule has 4 aliphatic carbocycles. The van der Waals surface area contributed by atoms with Crippen LogP contribution < -0.4 is 0 Å². The van der Waals surface area contributed by atoms with Crippen molar-refractivity contribution in [2.24, 2.45) is 29.1 Å². The Hall–Kier alpha value is -0.120. The van der Waals surface area contributed by atoms with Crippen LogP contribution in [0, 0.1) is 29.1 Å². The van der Waals surface area contributed by atoms with Gasteiger partial charge in [0, 0.05) is 19.7 Å². The number of aliphatic hydroxyl groups excluding tert-OH is 1. The van der Waals surface area contributed by atoms with E-state index in [0.717, 1.165) is 49.9 Å². The molecule has 4 bridgehead atoms. The summed E-state index contributed by atoms with van der Waals surface area (Å²) < 4.78 is 5.93. The Balaban J connectivity index is 1.16. The van der Waals surface area contributed by atoms with E-state index in [9.17, 15) is 5.11 Å². The van der Waals surface area contributed by atoms with Crippen molar-refractivity contribution < 1.29 is 9.84 Å². The predicted molar refractivity (Wildman–Crippen MR) is 96.9 cm³/mol. The molecule has 5 rings (SSSR count). The number of likely N-dealkylation sites (tertiary alicyclic amines) is 1. The second kappa shape index (κ2) is 7.25. The van der Waals surface area contributed by atoms with Crippen molar-refractivity contribution in [2.45, 2.75) is 70.8 Å². The molecule has 1 aliphatic heterocycles. The van der Waals surface area contributed by atoms with E-state index < -0.39 is 0 Å². The van der Waals surface area contributed by atoms with Gasteiger partial charge in [0.1, 0.15) is 0 Å². The third kappa shape index (κ3) is 3.99. The molecule has 0 aromatic rings. The van der Waals surface area contributed by atoms with Gasteiger partial charge in [-0.3, -0.25) is 0 Å². The van der Waals surface area contributed by atoms with Gasteiger partial charge in [0.2, 0.25) is 0 Å². The van der Waals surface area contributed by atoms with E-state index in [4.69, 9.17) is 4.74 Å². The van der Waals surface area contributed by atoms with Crippen molar-refractivity contribution in [3.63, 3.8) is 0 Å². The summed E-state index contributed by atoms with van der Waals surface area (Å²) in [5.74, 6) is 3.87. The normalized spacial score (nSPS) is 43.2. The Morgan fingerprint density at radius 2 is 1.79 bits per heavy atom. The lowest BCUT2D eigenvalue weighted by atomic mass is 9.49.